The normalized spacial score (nSPS) is 11.7. The molecule has 6 heteroatoms. The summed E-state index contributed by atoms with van der Waals surface area (Å²) in [5, 5.41) is 2.82. The molecule has 1 rings (SSSR count). The summed E-state index contributed by atoms with van der Waals surface area (Å²) < 4.78 is 17.9. The van der Waals surface area contributed by atoms with E-state index in [1.807, 2.05) is 0 Å². The zero-order valence-electron chi connectivity index (χ0n) is 11.8. The van der Waals surface area contributed by atoms with Crippen molar-refractivity contribution in [1.82, 2.24) is 5.32 Å². The van der Waals surface area contributed by atoms with Crippen molar-refractivity contribution < 1.29 is 13.9 Å². The number of ether oxygens (including phenoxy) is 1. The van der Waals surface area contributed by atoms with Crippen molar-refractivity contribution in [2.45, 2.75) is 26.3 Å². The van der Waals surface area contributed by atoms with E-state index in [-0.39, 0.29) is 36.8 Å². The van der Waals surface area contributed by atoms with Gasteiger partial charge in [0.25, 0.3) is 5.91 Å². The average Bonchev–Trinajstić information content (AvgIpc) is 2.36. The van der Waals surface area contributed by atoms with E-state index in [1.165, 1.54) is 24.3 Å². The zero-order chi connectivity index (χ0) is 14.3. The molecule has 0 heterocycles. The predicted octanol–water partition coefficient (Wildman–Crippen LogP) is 2.12. The lowest BCUT2D eigenvalue weighted by atomic mass is 10.0. The minimum atomic E-state index is -0.336. The van der Waals surface area contributed by atoms with E-state index in [0.717, 1.165) is 6.42 Å². The number of benzene rings is 1. The molecule has 20 heavy (non-hydrogen) atoms. The number of hydrogen-bond donors (Lipinski definition) is 2. The zero-order valence-corrected chi connectivity index (χ0v) is 12.6. The summed E-state index contributed by atoms with van der Waals surface area (Å²) >= 11 is 0. The highest BCUT2D eigenvalue weighted by atomic mass is 35.5. The molecule has 0 aliphatic carbocycles. The molecule has 4 nitrogen and oxygen atoms in total. The van der Waals surface area contributed by atoms with Crippen LogP contribution in [0, 0.1) is 11.7 Å². The number of carbonyl (C=O) groups is 1. The number of rotatable bonds is 7. The maximum atomic E-state index is 12.7. The number of nitrogens with two attached hydrogens (primary N) is 1. The SMILES string of the molecule is CC(C)CC(CN)NC(=O)COc1ccc(F)cc1.Cl. The molecule has 0 saturated carbocycles. The van der Waals surface area contributed by atoms with Crippen molar-refractivity contribution in [2.75, 3.05) is 13.2 Å². The van der Waals surface area contributed by atoms with Gasteiger partial charge in [0.2, 0.25) is 0 Å². The Bertz CT molecular complexity index is 399. The van der Waals surface area contributed by atoms with E-state index >= 15 is 0 Å². The van der Waals surface area contributed by atoms with Crippen molar-refractivity contribution in [2.24, 2.45) is 11.7 Å². The molecule has 114 valence electrons. The summed E-state index contributed by atoms with van der Waals surface area (Å²) in [5.74, 6) is 0.369. The molecule has 1 amide bonds. The van der Waals surface area contributed by atoms with Crippen molar-refractivity contribution in [1.29, 1.82) is 0 Å². The Hall–Kier alpha value is -1.33. The van der Waals surface area contributed by atoms with E-state index in [9.17, 15) is 9.18 Å². The maximum absolute atomic E-state index is 12.7. The highest BCUT2D eigenvalue weighted by Crippen LogP contribution is 2.10. The first-order valence-electron chi connectivity index (χ1n) is 6.39. The quantitative estimate of drug-likeness (QED) is 0.811. The molecule has 0 spiro atoms. The van der Waals surface area contributed by atoms with Crippen molar-refractivity contribution in [3.63, 3.8) is 0 Å². The highest BCUT2D eigenvalue weighted by molar-refractivity contribution is 5.85. The van der Waals surface area contributed by atoms with Crippen LogP contribution in [0.3, 0.4) is 0 Å². The molecule has 0 aromatic heterocycles. The molecular weight excluding hydrogens is 283 g/mol. The van der Waals surface area contributed by atoms with Gasteiger partial charge in [0.1, 0.15) is 11.6 Å². The lowest BCUT2D eigenvalue weighted by Crippen LogP contribution is -2.43. The fourth-order valence-corrected chi connectivity index (χ4v) is 1.73. The molecular formula is C14H22ClFN2O2. The lowest BCUT2D eigenvalue weighted by molar-refractivity contribution is -0.123. The van der Waals surface area contributed by atoms with Crippen molar-refractivity contribution in [3.05, 3.63) is 30.1 Å². The number of nitrogens with one attached hydrogen (secondary N) is 1. The van der Waals surface area contributed by atoms with Crippen LogP contribution in [0.15, 0.2) is 24.3 Å². The van der Waals surface area contributed by atoms with Crippen LogP contribution in [0.25, 0.3) is 0 Å². The van der Waals surface area contributed by atoms with Gasteiger partial charge in [0, 0.05) is 12.6 Å². The van der Waals surface area contributed by atoms with Gasteiger partial charge >= 0.3 is 0 Å². The standard InChI is InChI=1S/C14H21FN2O2.ClH/c1-10(2)7-12(8-16)17-14(18)9-19-13-5-3-11(15)4-6-13;/h3-6,10,12H,7-9,16H2,1-2H3,(H,17,18);1H. The molecule has 1 aromatic carbocycles. The fraction of sp³-hybridized carbons (Fsp3) is 0.500. The molecule has 0 aliphatic rings. The molecule has 0 saturated heterocycles. The summed E-state index contributed by atoms with van der Waals surface area (Å²) in [6, 6.07) is 5.50. The molecule has 1 atom stereocenters. The minimum Gasteiger partial charge on any atom is -0.484 e. The van der Waals surface area contributed by atoms with Crippen LogP contribution in [0.2, 0.25) is 0 Å². The van der Waals surface area contributed by atoms with Gasteiger partial charge in [-0.05, 0) is 36.6 Å². The Morgan fingerprint density at radius 3 is 2.45 bits per heavy atom. The van der Waals surface area contributed by atoms with Crippen LogP contribution in [-0.2, 0) is 4.79 Å². The van der Waals surface area contributed by atoms with E-state index in [1.54, 1.807) is 0 Å². The molecule has 1 unspecified atom stereocenters. The highest BCUT2D eigenvalue weighted by Gasteiger charge is 2.12. The fourth-order valence-electron chi connectivity index (χ4n) is 1.73. The topological polar surface area (TPSA) is 64.3 Å². The number of amides is 1. The Labute approximate surface area is 125 Å². The second kappa shape index (κ2) is 9.55. The molecule has 1 aromatic rings. The third kappa shape index (κ3) is 7.31. The Balaban J connectivity index is 0.00000361. The molecule has 0 bridgehead atoms. The van der Waals surface area contributed by atoms with Gasteiger partial charge in [-0.2, -0.15) is 0 Å². The number of hydrogen-bond acceptors (Lipinski definition) is 3. The molecule has 0 fully saturated rings. The number of carbonyl (C=O) groups excluding carboxylic acids is 1. The van der Waals surface area contributed by atoms with Crippen LogP contribution in [0.5, 0.6) is 5.75 Å². The first-order chi connectivity index (χ1) is 9.01. The Morgan fingerprint density at radius 2 is 1.95 bits per heavy atom. The van der Waals surface area contributed by atoms with Gasteiger partial charge in [-0.3, -0.25) is 4.79 Å². The van der Waals surface area contributed by atoms with Gasteiger partial charge < -0.3 is 15.8 Å². The van der Waals surface area contributed by atoms with Crippen LogP contribution in [0.4, 0.5) is 4.39 Å². The smallest absolute Gasteiger partial charge is 0.258 e. The van der Waals surface area contributed by atoms with Gasteiger partial charge in [0.15, 0.2) is 6.61 Å². The van der Waals surface area contributed by atoms with Crippen LogP contribution >= 0.6 is 12.4 Å². The minimum absolute atomic E-state index is 0. The summed E-state index contributed by atoms with van der Waals surface area (Å²) in [7, 11) is 0. The Morgan fingerprint density at radius 1 is 1.35 bits per heavy atom. The third-order valence-electron chi connectivity index (χ3n) is 2.59. The monoisotopic (exact) mass is 304 g/mol. The van der Waals surface area contributed by atoms with E-state index < -0.39 is 0 Å². The third-order valence-corrected chi connectivity index (χ3v) is 2.59. The largest absolute Gasteiger partial charge is 0.484 e. The molecule has 0 radical (unpaired) electrons. The van der Waals surface area contributed by atoms with E-state index in [2.05, 4.69) is 19.2 Å². The molecule has 3 N–H and O–H groups in total. The van der Waals surface area contributed by atoms with Gasteiger partial charge in [-0.1, -0.05) is 13.8 Å². The summed E-state index contributed by atoms with van der Waals surface area (Å²) in [5.41, 5.74) is 5.60. The number of halogens is 2. The van der Waals surface area contributed by atoms with Crippen LogP contribution in [0.1, 0.15) is 20.3 Å². The van der Waals surface area contributed by atoms with Crippen molar-refractivity contribution >= 4 is 18.3 Å². The summed E-state index contributed by atoms with van der Waals surface area (Å²) in [4.78, 5) is 11.7. The van der Waals surface area contributed by atoms with Crippen molar-refractivity contribution in [3.8, 4) is 5.75 Å². The molecule has 0 aliphatic heterocycles. The summed E-state index contributed by atoms with van der Waals surface area (Å²) in [6.07, 6.45) is 0.832. The van der Waals surface area contributed by atoms with Gasteiger partial charge in [0.05, 0.1) is 0 Å². The summed E-state index contributed by atoms with van der Waals surface area (Å²) in [6.45, 7) is 4.45. The second-order valence-electron chi connectivity index (χ2n) is 4.87. The predicted molar refractivity (Wildman–Crippen MR) is 79.6 cm³/mol. The van der Waals surface area contributed by atoms with Gasteiger partial charge in [-0.15, -0.1) is 12.4 Å². The maximum Gasteiger partial charge on any atom is 0.258 e. The van der Waals surface area contributed by atoms with Crippen LogP contribution in [-0.4, -0.2) is 25.1 Å². The van der Waals surface area contributed by atoms with Crippen LogP contribution < -0.4 is 15.8 Å². The van der Waals surface area contributed by atoms with Gasteiger partial charge in [-0.25, -0.2) is 4.39 Å². The first-order valence-corrected chi connectivity index (χ1v) is 6.39. The second-order valence-corrected chi connectivity index (χ2v) is 4.87. The van der Waals surface area contributed by atoms with E-state index in [4.69, 9.17) is 10.5 Å². The average molecular weight is 305 g/mol. The lowest BCUT2D eigenvalue weighted by Gasteiger charge is -2.18. The Kier molecular flexibility index (Phi) is 8.92. The van der Waals surface area contributed by atoms with E-state index in [0.29, 0.717) is 18.2 Å². The first kappa shape index (κ1) is 18.7.